The first-order valence-electron chi connectivity index (χ1n) is 10.4. The highest BCUT2D eigenvalue weighted by Gasteiger charge is 2.36. The quantitative estimate of drug-likeness (QED) is 0.384. The standard InChI is InChI=1S/C25H25NO4/c1-15-6-8-23-21(11-15)17(3)24(30-23)25(27)26(13-18-5-4-10-28-18)14-19-7-9-22(29-19)20-12-16(20)2/h4-11,16,20H,12-14H2,1-3H3. The summed E-state index contributed by atoms with van der Waals surface area (Å²) in [7, 11) is 0. The minimum Gasteiger partial charge on any atom is -0.467 e. The molecule has 154 valence electrons. The Balaban J connectivity index is 1.46. The summed E-state index contributed by atoms with van der Waals surface area (Å²) in [6.07, 6.45) is 2.78. The highest BCUT2D eigenvalue weighted by Crippen LogP contribution is 2.47. The van der Waals surface area contributed by atoms with Crippen molar-refractivity contribution in [3.05, 3.63) is 82.9 Å². The Morgan fingerprint density at radius 1 is 1.07 bits per heavy atom. The fraction of sp³-hybridized carbons (Fsp3) is 0.320. The Morgan fingerprint density at radius 2 is 1.87 bits per heavy atom. The molecule has 5 nitrogen and oxygen atoms in total. The number of amides is 1. The van der Waals surface area contributed by atoms with Crippen LogP contribution in [0.15, 0.2) is 62.0 Å². The number of aryl methyl sites for hydroxylation is 2. The molecule has 1 aromatic carbocycles. The van der Waals surface area contributed by atoms with Crippen LogP contribution in [0.5, 0.6) is 0 Å². The number of benzene rings is 1. The Bertz CT molecular complexity index is 1200. The van der Waals surface area contributed by atoms with E-state index in [4.69, 9.17) is 13.3 Å². The molecular formula is C25H25NO4. The maximum Gasteiger partial charge on any atom is 0.290 e. The van der Waals surface area contributed by atoms with Gasteiger partial charge in [-0.15, -0.1) is 0 Å². The molecule has 30 heavy (non-hydrogen) atoms. The lowest BCUT2D eigenvalue weighted by atomic mass is 10.1. The molecule has 0 aliphatic heterocycles. The smallest absolute Gasteiger partial charge is 0.290 e. The lowest BCUT2D eigenvalue weighted by molar-refractivity contribution is 0.0673. The van der Waals surface area contributed by atoms with E-state index in [2.05, 4.69) is 13.0 Å². The van der Waals surface area contributed by atoms with Crippen LogP contribution < -0.4 is 0 Å². The van der Waals surface area contributed by atoms with E-state index in [1.54, 1.807) is 11.2 Å². The summed E-state index contributed by atoms with van der Waals surface area (Å²) in [5, 5.41) is 0.972. The van der Waals surface area contributed by atoms with Crippen molar-refractivity contribution in [2.24, 2.45) is 5.92 Å². The molecule has 0 N–H and O–H groups in total. The second-order valence-electron chi connectivity index (χ2n) is 8.42. The van der Waals surface area contributed by atoms with Crippen LogP contribution in [0.4, 0.5) is 0 Å². The third-order valence-corrected chi connectivity index (χ3v) is 6.00. The van der Waals surface area contributed by atoms with Crippen molar-refractivity contribution in [1.82, 2.24) is 4.90 Å². The van der Waals surface area contributed by atoms with E-state index in [9.17, 15) is 4.79 Å². The van der Waals surface area contributed by atoms with Crippen LogP contribution in [0.3, 0.4) is 0 Å². The second-order valence-corrected chi connectivity index (χ2v) is 8.42. The van der Waals surface area contributed by atoms with Gasteiger partial charge in [-0.3, -0.25) is 4.79 Å². The summed E-state index contributed by atoms with van der Waals surface area (Å²) in [6.45, 7) is 6.90. The zero-order chi connectivity index (χ0) is 20.8. The van der Waals surface area contributed by atoms with Crippen molar-refractivity contribution >= 4 is 16.9 Å². The van der Waals surface area contributed by atoms with Gasteiger partial charge < -0.3 is 18.2 Å². The first-order chi connectivity index (χ1) is 14.5. The molecule has 0 radical (unpaired) electrons. The van der Waals surface area contributed by atoms with Crippen LogP contribution in [0.25, 0.3) is 11.0 Å². The molecule has 2 atom stereocenters. The van der Waals surface area contributed by atoms with Crippen molar-refractivity contribution in [3.8, 4) is 0 Å². The topological polar surface area (TPSA) is 59.7 Å². The Kier molecular flexibility index (Phi) is 4.54. The SMILES string of the molecule is Cc1ccc2oc(C(=O)N(Cc3ccco3)Cc3ccc(C4CC4C)o3)c(C)c2c1. The Hall–Kier alpha value is -3.21. The molecule has 3 heterocycles. The summed E-state index contributed by atoms with van der Waals surface area (Å²) >= 11 is 0. The van der Waals surface area contributed by atoms with Crippen LogP contribution in [0.1, 0.15) is 58.2 Å². The molecule has 1 amide bonds. The normalized spacial score (nSPS) is 18.1. The summed E-state index contributed by atoms with van der Waals surface area (Å²) in [6, 6.07) is 13.7. The van der Waals surface area contributed by atoms with Crippen LogP contribution in [0.2, 0.25) is 0 Å². The predicted octanol–water partition coefficient (Wildman–Crippen LogP) is 6.20. The predicted molar refractivity (Wildman–Crippen MR) is 113 cm³/mol. The highest BCUT2D eigenvalue weighted by atomic mass is 16.4. The van der Waals surface area contributed by atoms with E-state index in [0.29, 0.717) is 30.7 Å². The van der Waals surface area contributed by atoms with Crippen molar-refractivity contribution in [2.45, 2.75) is 46.2 Å². The zero-order valence-electron chi connectivity index (χ0n) is 17.5. The second kappa shape index (κ2) is 7.24. The molecule has 0 bridgehead atoms. The molecule has 0 saturated heterocycles. The van der Waals surface area contributed by atoms with E-state index >= 15 is 0 Å². The number of furan rings is 3. The average Bonchev–Trinajstić information content (AvgIpc) is 3.14. The van der Waals surface area contributed by atoms with E-state index in [0.717, 1.165) is 39.4 Å². The fourth-order valence-corrected chi connectivity index (χ4v) is 4.06. The maximum atomic E-state index is 13.5. The van der Waals surface area contributed by atoms with E-state index in [-0.39, 0.29) is 5.91 Å². The minimum atomic E-state index is -0.171. The molecule has 5 rings (SSSR count). The van der Waals surface area contributed by atoms with Crippen LogP contribution >= 0.6 is 0 Å². The highest BCUT2D eigenvalue weighted by molar-refractivity contribution is 5.99. The minimum absolute atomic E-state index is 0.171. The van der Waals surface area contributed by atoms with Crippen LogP contribution in [-0.2, 0) is 13.1 Å². The molecule has 1 saturated carbocycles. The number of rotatable bonds is 6. The average molecular weight is 403 g/mol. The fourth-order valence-electron chi connectivity index (χ4n) is 4.06. The Morgan fingerprint density at radius 3 is 2.60 bits per heavy atom. The third-order valence-electron chi connectivity index (χ3n) is 6.00. The number of nitrogens with zero attached hydrogens (tertiary/aromatic N) is 1. The molecule has 3 aromatic heterocycles. The van der Waals surface area contributed by atoms with E-state index in [1.165, 1.54) is 6.42 Å². The van der Waals surface area contributed by atoms with Gasteiger partial charge in [-0.1, -0.05) is 18.6 Å². The molecular weight excluding hydrogens is 378 g/mol. The molecule has 5 heteroatoms. The van der Waals surface area contributed by atoms with Gasteiger partial charge in [0, 0.05) is 16.9 Å². The molecule has 2 unspecified atom stereocenters. The number of fused-ring (bicyclic) bond motifs is 1. The van der Waals surface area contributed by atoms with Crippen LogP contribution in [-0.4, -0.2) is 10.8 Å². The molecule has 4 aromatic rings. The van der Waals surface area contributed by atoms with Gasteiger partial charge in [0.2, 0.25) is 0 Å². The van der Waals surface area contributed by atoms with Gasteiger partial charge in [0.1, 0.15) is 22.9 Å². The van der Waals surface area contributed by atoms with E-state index < -0.39 is 0 Å². The summed E-state index contributed by atoms with van der Waals surface area (Å²) in [5.74, 6) is 3.88. The lowest BCUT2D eigenvalue weighted by Gasteiger charge is -2.20. The summed E-state index contributed by atoms with van der Waals surface area (Å²) in [4.78, 5) is 15.2. The monoisotopic (exact) mass is 403 g/mol. The number of hydrogen-bond donors (Lipinski definition) is 0. The van der Waals surface area contributed by atoms with Crippen molar-refractivity contribution in [2.75, 3.05) is 0 Å². The Labute approximate surface area is 175 Å². The summed E-state index contributed by atoms with van der Waals surface area (Å²) < 4.78 is 17.5. The number of carbonyl (C=O) groups excluding carboxylic acids is 1. The van der Waals surface area contributed by atoms with Gasteiger partial charge in [0.05, 0.1) is 19.4 Å². The largest absolute Gasteiger partial charge is 0.467 e. The lowest BCUT2D eigenvalue weighted by Crippen LogP contribution is -2.30. The first-order valence-corrected chi connectivity index (χ1v) is 10.4. The molecule has 1 fully saturated rings. The zero-order valence-corrected chi connectivity index (χ0v) is 17.5. The maximum absolute atomic E-state index is 13.5. The van der Waals surface area contributed by atoms with Gasteiger partial charge in [0.15, 0.2) is 5.76 Å². The first kappa shape index (κ1) is 18.8. The number of carbonyl (C=O) groups is 1. The van der Waals surface area contributed by atoms with Gasteiger partial charge in [-0.25, -0.2) is 0 Å². The van der Waals surface area contributed by atoms with Gasteiger partial charge in [0.25, 0.3) is 5.91 Å². The third kappa shape index (κ3) is 3.45. The molecule has 1 aliphatic rings. The van der Waals surface area contributed by atoms with Gasteiger partial charge in [-0.2, -0.15) is 0 Å². The molecule has 1 aliphatic carbocycles. The van der Waals surface area contributed by atoms with Gasteiger partial charge >= 0.3 is 0 Å². The van der Waals surface area contributed by atoms with Gasteiger partial charge in [-0.05, 0) is 62.6 Å². The van der Waals surface area contributed by atoms with Crippen molar-refractivity contribution in [3.63, 3.8) is 0 Å². The van der Waals surface area contributed by atoms with Crippen molar-refractivity contribution < 1.29 is 18.0 Å². The van der Waals surface area contributed by atoms with E-state index in [1.807, 2.05) is 50.2 Å². The number of hydrogen-bond acceptors (Lipinski definition) is 4. The molecule has 0 spiro atoms. The van der Waals surface area contributed by atoms with Crippen LogP contribution in [0, 0.1) is 19.8 Å². The van der Waals surface area contributed by atoms with Crippen molar-refractivity contribution in [1.29, 1.82) is 0 Å². The summed E-state index contributed by atoms with van der Waals surface area (Å²) in [5.41, 5.74) is 2.72.